The van der Waals surface area contributed by atoms with Crippen molar-refractivity contribution in [1.29, 1.82) is 0 Å². The molecular weight excluding hydrogens is 586 g/mol. The van der Waals surface area contributed by atoms with Gasteiger partial charge in [0, 0.05) is 25.9 Å². The molecule has 13 heteroatoms. The minimum atomic E-state index is -3.45. The number of halogens is 10. The molecule has 0 saturated carbocycles. The fourth-order valence-electron chi connectivity index (χ4n) is 1.07. The van der Waals surface area contributed by atoms with Crippen molar-refractivity contribution in [1.82, 2.24) is 0 Å². The van der Waals surface area contributed by atoms with Crippen LogP contribution in [0, 0.1) is 6.42 Å². The van der Waals surface area contributed by atoms with Gasteiger partial charge >= 0.3 is 17.1 Å². The van der Waals surface area contributed by atoms with Crippen molar-refractivity contribution in [2.45, 2.75) is 7.07 Å². The Hall–Kier alpha value is 1.90. The molecule has 24 heavy (non-hydrogen) atoms. The van der Waals surface area contributed by atoms with Crippen molar-refractivity contribution in [2.24, 2.45) is 0 Å². The van der Waals surface area contributed by atoms with Crippen LogP contribution >= 0.6 is 86.7 Å². The predicted octanol–water partition coefficient (Wildman–Crippen LogP) is 9.39. The van der Waals surface area contributed by atoms with Gasteiger partial charge in [0.1, 0.15) is 0 Å². The summed E-state index contributed by atoms with van der Waals surface area (Å²) in [5.74, 6) is 0. The molecule has 0 unspecified atom stereocenters. The molecule has 1 aliphatic rings. The maximum absolute atomic E-state index is 11.2. The molecule has 1 aromatic rings. The molecule has 0 spiro atoms. The fraction of sp³-hybridized carbons (Fsp3) is 0.182. The van der Waals surface area contributed by atoms with Gasteiger partial charge in [0.2, 0.25) is 0 Å². The number of hydrogen-bond acceptors (Lipinski definition) is 0. The zero-order valence-electron chi connectivity index (χ0n) is 11.0. The van der Waals surface area contributed by atoms with Crippen LogP contribution in [0.5, 0.6) is 0 Å². The van der Waals surface area contributed by atoms with E-state index in [-0.39, 0.29) is 19.5 Å². The third-order valence-corrected chi connectivity index (χ3v) is 5.00. The van der Waals surface area contributed by atoms with Crippen molar-refractivity contribution in [2.75, 3.05) is 0 Å². The molecule has 2 radical (unpaired) electrons. The number of rotatable bonds is 0. The molecule has 0 atom stereocenters. The number of benzene rings is 1. The smallest absolute Gasteiger partial charge is 0.184 e. The zero-order valence-corrected chi connectivity index (χ0v) is 19.0. The standard InChI is InChI=1S/C9H7.2CCl3F2P.Rh/c1-2-5-9-7-3-6-8(9)4-1;2*2-1(3,4)7(5)6;/h1-7H;;;. The van der Waals surface area contributed by atoms with Crippen molar-refractivity contribution in [3.63, 3.8) is 0 Å². The molecule has 1 aromatic carbocycles. The van der Waals surface area contributed by atoms with Gasteiger partial charge in [0.05, 0.1) is 0 Å². The normalized spacial score (nSPS) is 12.7. The Morgan fingerprint density at radius 2 is 1.04 bits per heavy atom. The SMILES string of the molecule is FP(F)C(Cl)(Cl)Cl.FP(F)C(Cl)(Cl)Cl.[CH]1C=Cc2ccccc21.[Rh]. The minimum Gasteiger partial charge on any atom is -0.184 e. The van der Waals surface area contributed by atoms with Gasteiger partial charge in [0.15, 0.2) is 0 Å². The molecular formula is C11H7Cl6F4P2Rh. The van der Waals surface area contributed by atoms with Crippen LogP contribution in [0.1, 0.15) is 11.1 Å². The van der Waals surface area contributed by atoms with Crippen LogP contribution < -0.4 is 0 Å². The first-order chi connectivity index (χ1) is 10.4. The summed E-state index contributed by atoms with van der Waals surface area (Å²) >= 11 is 28.1. The second kappa shape index (κ2) is 13.1. The largest absolute Gasteiger partial charge is 0.318 e. The molecule has 0 aliphatic heterocycles. The van der Waals surface area contributed by atoms with Crippen LogP contribution in [0.4, 0.5) is 16.8 Å². The second-order valence-corrected chi connectivity index (χ2v) is 12.0. The molecule has 0 nitrogen and oxygen atoms in total. The van der Waals surface area contributed by atoms with Crippen molar-refractivity contribution in [3.05, 3.63) is 47.9 Å². The summed E-state index contributed by atoms with van der Waals surface area (Å²) in [6.07, 6.45) is 6.31. The summed E-state index contributed by atoms with van der Waals surface area (Å²) in [6.45, 7) is 0. The summed E-state index contributed by atoms with van der Waals surface area (Å²) in [5, 5.41) is 0. The van der Waals surface area contributed by atoms with Gasteiger partial charge in [-0.15, -0.1) is 0 Å². The molecule has 0 bridgehead atoms. The minimum absolute atomic E-state index is 0. The van der Waals surface area contributed by atoms with Crippen LogP contribution in [0.3, 0.4) is 0 Å². The van der Waals surface area contributed by atoms with E-state index in [4.69, 9.17) is 0 Å². The molecule has 0 saturated heterocycles. The summed E-state index contributed by atoms with van der Waals surface area (Å²) in [4.78, 5) is 0. The maximum Gasteiger partial charge on any atom is 0.318 e. The fourth-order valence-corrected chi connectivity index (χ4v) is 1.07. The zero-order chi connectivity index (χ0) is 18.3. The number of fused-ring (bicyclic) bond motifs is 1. The summed E-state index contributed by atoms with van der Waals surface area (Å²) < 4.78 is 40.1. The Labute approximate surface area is 182 Å². The average molecular weight is 593 g/mol. The van der Waals surface area contributed by atoms with E-state index in [9.17, 15) is 16.8 Å². The van der Waals surface area contributed by atoms with Crippen LogP contribution in [0.2, 0.25) is 0 Å². The van der Waals surface area contributed by atoms with Gasteiger partial charge < -0.3 is 0 Å². The van der Waals surface area contributed by atoms with Gasteiger partial charge in [-0.25, -0.2) is 0 Å². The topological polar surface area (TPSA) is 0 Å². The first-order valence-corrected chi connectivity index (χ1v) is 9.84. The van der Waals surface area contributed by atoms with Gasteiger partial charge in [0.25, 0.3) is 7.07 Å². The van der Waals surface area contributed by atoms with E-state index >= 15 is 0 Å². The first-order valence-electron chi connectivity index (χ1n) is 5.33. The third kappa shape index (κ3) is 13.1. The molecule has 0 heterocycles. The van der Waals surface area contributed by atoms with Crippen LogP contribution in [0.15, 0.2) is 30.3 Å². The molecule has 0 fully saturated rings. The molecule has 0 amide bonds. The number of alkyl halides is 6. The van der Waals surface area contributed by atoms with Crippen molar-refractivity contribution < 1.29 is 36.3 Å². The summed E-state index contributed by atoms with van der Waals surface area (Å²) in [6, 6.07) is 8.36. The summed E-state index contributed by atoms with van der Waals surface area (Å²) in [7, 11) is -6.89. The van der Waals surface area contributed by atoms with Gasteiger partial charge in [-0.3, -0.25) is 0 Å². The Balaban J connectivity index is 0. The average Bonchev–Trinajstić information content (AvgIpc) is 2.86. The van der Waals surface area contributed by atoms with E-state index in [1.807, 2.05) is 0 Å². The monoisotopic (exact) mass is 590 g/mol. The van der Waals surface area contributed by atoms with E-state index in [1.165, 1.54) is 11.1 Å². The Kier molecular flexibility index (Phi) is 15.4. The van der Waals surface area contributed by atoms with E-state index in [2.05, 4.69) is 112 Å². The Morgan fingerprint density at radius 3 is 1.33 bits per heavy atom. The third-order valence-electron chi connectivity index (χ3n) is 1.93. The van der Waals surface area contributed by atoms with Gasteiger partial charge in [-0.05, 0) is 11.1 Å². The number of hydrogen-bond donors (Lipinski definition) is 0. The number of allylic oxidation sites excluding steroid dienone is 1. The summed E-state index contributed by atoms with van der Waals surface area (Å²) in [5.41, 5.74) is 2.66. The second-order valence-electron chi connectivity index (χ2n) is 3.56. The van der Waals surface area contributed by atoms with Crippen LogP contribution in [0.25, 0.3) is 6.08 Å². The van der Waals surface area contributed by atoms with E-state index in [1.54, 1.807) is 0 Å². The molecule has 140 valence electrons. The Bertz CT molecular complexity index is 490. The van der Waals surface area contributed by atoms with E-state index in [0.717, 1.165) is 0 Å². The quantitative estimate of drug-likeness (QED) is 0.122. The van der Waals surface area contributed by atoms with Crippen LogP contribution in [-0.2, 0) is 19.5 Å². The van der Waals surface area contributed by atoms with Gasteiger partial charge in [-0.1, -0.05) is 106 Å². The van der Waals surface area contributed by atoms with Crippen molar-refractivity contribution in [3.8, 4) is 0 Å². The van der Waals surface area contributed by atoms with Crippen molar-refractivity contribution >= 4 is 92.8 Å². The maximum atomic E-state index is 11.2. The predicted molar refractivity (Wildman–Crippen MR) is 97.7 cm³/mol. The van der Waals surface area contributed by atoms with Crippen LogP contribution in [-0.4, -0.2) is 7.07 Å². The molecule has 1 aliphatic carbocycles. The molecule has 0 aromatic heterocycles. The first kappa shape index (κ1) is 28.1. The van der Waals surface area contributed by atoms with Gasteiger partial charge in [-0.2, -0.15) is 16.8 Å². The molecule has 0 N–H and O–H groups in total. The van der Waals surface area contributed by atoms with E-state index in [0.29, 0.717) is 0 Å². The van der Waals surface area contributed by atoms with E-state index < -0.39 is 24.2 Å². The Morgan fingerprint density at radius 1 is 0.708 bits per heavy atom. The molecule has 2 rings (SSSR count).